The van der Waals surface area contributed by atoms with Crippen molar-refractivity contribution in [1.29, 1.82) is 0 Å². The first-order chi connectivity index (χ1) is 15.7. The van der Waals surface area contributed by atoms with Crippen LogP contribution in [0.3, 0.4) is 0 Å². The molecule has 6 heteroatoms. The zero-order chi connectivity index (χ0) is 21.9. The summed E-state index contributed by atoms with van der Waals surface area (Å²) in [6, 6.07) is 18.8. The van der Waals surface area contributed by atoms with Crippen molar-refractivity contribution in [1.82, 2.24) is 10.2 Å². The first kappa shape index (κ1) is 20.5. The summed E-state index contributed by atoms with van der Waals surface area (Å²) in [7, 11) is 0. The van der Waals surface area contributed by atoms with Crippen molar-refractivity contribution in [2.75, 3.05) is 19.6 Å². The van der Waals surface area contributed by atoms with Crippen LogP contribution in [0.2, 0.25) is 0 Å². The number of fused-ring (bicyclic) bond motifs is 1. The third kappa shape index (κ3) is 4.18. The molecule has 3 aromatic rings. The number of hydrogen-bond acceptors (Lipinski definition) is 5. The molecule has 3 heterocycles. The first-order valence-corrected chi connectivity index (χ1v) is 11.1. The lowest BCUT2D eigenvalue weighted by atomic mass is 9.93. The second kappa shape index (κ2) is 9.01. The molecule has 0 saturated carbocycles. The van der Waals surface area contributed by atoms with Gasteiger partial charge in [-0.05, 0) is 67.4 Å². The molecular weight excluding hydrogens is 404 g/mol. The second-order valence-corrected chi connectivity index (χ2v) is 8.37. The van der Waals surface area contributed by atoms with Gasteiger partial charge in [0.15, 0.2) is 0 Å². The average Bonchev–Trinajstić information content (AvgIpc) is 3.54. The number of nitrogens with zero attached hydrogens (tertiary/aromatic N) is 1. The van der Waals surface area contributed by atoms with E-state index >= 15 is 0 Å². The van der Waals surface area contributed by atoms with Crippen molar-refractivity contribution < 1.29 is 18.7 Å². The normalized spacial score (nSPS) is 19.2. The maximum absolute atomic E-state index is 13.0. The van der Waals surface area contributed by atoms with Gasteiger partial charge in [0.25, 0.3) is 5.91 Å². The number of esters is 1. The van der Waals surface area contributed by atoms with E-state index in [4.69, 9.17) is 9.15 Å². The van der Waals surface area contributed by atoms with E-state index < -0.39 is 0 Å². The monoisotopic (exact) mass is 430 g/mol. The van der Waals surface area contributed by atoms with E-state index in [2.05, 4.69) is 10.2 Å². The Hall–Kier alpha value is -3.38. The Balaban J connectivity index is 1.31. The zero-order valence-corrected chi connectivity index (χ0v) is 17.8. The summed E-state index contributed by atoms with van der Waals surface area (Å²) >= 11 is 0. The summed E-state index contributed by atoms with van der Waals surface area (Å²) in [5.74, 6) is 0.365. The summed E-state index contributed by atoms with van der Waals surface area (Å²) in [6.07, 6.45) is 4.21. The predicted molar refractivity (Wildman–Crippen MR) is 119 cm³/mol. The van der Waals surface area contributed by atoms with Gasteiger partial charge in [0.05, 0.1) is 17.9 Å². The molecule has 2 aliphatic heterocycles. The maximum Gasteiger partial charge on any atom is 0.339 e. The molecule has 2 aromatic carbocycles. The lowest BCUT2D eigenvalue weighted by molar-refractivity contribution is 0.0252. The van der Waals surface area contributed by atoms with Crippen molar-refractivity contribution >= 4 is 11.9 Å². The van der Waals surface area contributed by atoms with Crippen molar-refractivity contribution in [3.63, 3.8) is 0 Å². The van der Waals surface area contributed by atoms with E-state index in [9.17, 15) is 9.59 Å². The molecule has 0 spiro atoms. The molecular formula is C26H26N2O4. The highest BCUT2D eigenvalue weighted by Gasteiger charge is 2.29. The van der Waals surface area contributed by atoms with Gasteiger partial charge in [-0.2, -0.15) is 0 Å². The number of hydrogen-bond donors (Lipinski definition) is 1. The number of furan rings is 1. The van der Waals surface area contributed by atoms with E-state index in [0.717, 1.165) is 42.8 Å². The number of amides is 1. The molecule has 1 N–H and O–H groups in total. The molecule has 0 radical (unpaired) electrons. The summed E-state index contributed by atoms with van der Waals surface area (Å²) in [6.45, 7) is 2.48. The van der Waals surface area contributed by atoms with Crippen molar-refractivity contribution in [3.8, 4) is 0 Å². The lowest BCUT2D eigenvalue weighted by Crippen LogP contribution is -2.36. The Bertz CT molecular complexity index is 1090. The fourth-order valence-electron chi connectivity index (χ4n) is 4.63. The van der Waals surface area contributed by atoms with Crippen LogP contribution in [0.15, 0.2) is 71.3 Å². The molecule has 2 unspecified atom stereocenters. The number of ether oxygens (including phenoxy) is 1. The number of rotatable bonds is 6. The van der Waals surface area contributed by atoms with E-state index in [1.165, 1.54) is 0 Å². The summed E-state index contributed by atoms with van der Waals surface area (Å²) in [4.78, 5) is 27.8. The molecule has 1 fully saturated rings. The highest BCUT2D eigenvalue weighted by Crippen LogP contribution is 2.31. The lowest BCUT2D eigenvalue weighted by Gasteiger charge is -2.26. The van der Waals surface area contributed by atoms with Gasteiger partial charge in [0.1, 0.15) is 11.9 Å². The number of carbonyl (C=O) groups excluding carboxylic acids is 2. The zero-order valence-electron chi connectivity index (χ0n) is 17.8. The quantitative estimate of drug-likeness (QED) is 0.591. The number of carbonyl (C=O) groups is 2. The Labute approximate surface area is 187 Å². The first-order valence-electron chi connectivity index (χ1n) is 11.1. The predicted octanol–water partition coefficient (Wildman–Crippen LogP) is 4.30. The highest BCUT2D eigenvalue weighted by molar-refractivity contribution is 5.97. The molecule has 6 nitrogen and oxygen atoms in total. The second-order valence-electron chi connectivity index (χ2n) is 8.37. The maximum atomic E-state index is 13.0. The van der Waals surface area contributed by atoms with Crippen LogP contribution in [0.1, 0.15) is 62.6 Å². The third-order valence-corrected chi connectivity index (χ3v) is 6.32. The van der Waals surface area contributed by atoms with Gasteiger partial charge in [0, 0.05) is 18.5 Å². The van der Waals surface area contributed by atoms with Gasteiger partial charge < -0.3 is 14.5 Å². The Morgan fingerprint density at radius 3 is 2.62 bits per heavy atom. The minimum Gasteiger partial charge on any atom is -0.468 e. The molecule has 1 saturated heterocycles. The fourth-order valence-corrected chi connectivity index (χ4v) is 4.63. The minimum absolute atomic E-state index is 0.0199. The van der Waals surface area contributed by atoms with Gasteiger partial charge in [0.2, 0.25) is 0 Å². The average molecular weight is 431 g/mol. The molecule has 0 bridgehead atoms. The van der Waals surface area contributed by atoms with Crippen molar-refractivity contribution in [2.45, 2.75) is 31.4 Å². The summed E-state index contributed by atoms with van der Waals surface area (Å²) in [5, 5.41) is 3.07. The van der Waals surface area contributed by atoms with Crippen LogP contribution < -0.4 is 5.32 Å². The molecule has 0 aliphatic carbocycles. The highest BCUT2D eigenvalue weighted by atomic mass is 16.5. The van der Waals surface area contributed by atoms with Crippen LogP contribution >= 0.6 is 0 Å². The third-order valence-electron chi connectivity index (χ3n) is 6.32. The summed E-state index contributed by atoms with van der Waals surface area (Å²) in [5.41, 5.74) is 2.86. The molecule has 32 heavy (non-hydrogen) atoms. The molecule has 1 aromatic heterocycles. The largest absolute Gasteiger partial charge is 0.468 e. The van der Waals surface area contributed by atoms with Gasteiger partial charge in [-0.25, -0.2) is 4.79 Å². The molecule has 5 rings (SSSR count). The molecule has 164 valence electrons. The standard InChI is InChI=1S/C26H26N2O4/c29-25(27-17-22(23-9-6-14-31-23)28-12-4-5-13-28)19-10-11-21-20(15-19)16-24(32-26(21)30)18-7-2-1-3-8-18/h1-3,6-11,14-15,22,24H,4-5,12-13,16-17H2,(H,27,29). The van der Waals surface area contributed by atoms with Crippen molar-refractivity contribution in [3.05, 3.63) is 94.9 Å². The Morgan fingerprint density at radius 1 is 1.06 bits per heavy atom. The number of cyclic esters (lactones) is 1. The van der Waals surface area contributed by atoms with Gasteiger partial charge in [-0.3, -0.25) is 9.69 Å². The Kier molecular flexibility index (Phi) is 5.77. The topological polar surface area (TPSA) is 71.8 Å². The van der Waals surface area contributed by atoms with Crippen LogP contribution in [0.5, 0.6) is 0 Å². The van der Waals surface area contributed by atoms with E-state index in [-0.39, 0.29) is 24.0 Å². The van der Waals surface area contributed by atoms with Gasteiger partial charge in [-0.1, -0.05) is 30.3 Å². The number of benzene rings is 2. The van der Waals surface area contributed by atoms with E-state index in [1.807, 2.05) is 48.5 Å². The van der Waals surface area contributed by atoms with Crippen LogP contribution in [-0.4, -0.2) is 36.4 Å². The Morgan fingerprint density at radius 2 is 1.88 bits per heavy atom. The van der Waals surface area contributed by atoms with E-state index in [0.29, 0.717) is 24.1 Å². The molecule has 1 amide bonds. The summed E-state index contributed by atoms with van der Waals surface area (Å²) < 4.78 is 11.3. The van der Waals surface area contributed by atoms with Crippen LogP contribution in [0.25, 0.3) is 0 Å². The van der Waals surface area contributed by atoms with Gasteiger partial charge >= 0.3 is 5.97 Å². The molecule has 2 atom stereocenters. The fraction of sp³-hybridized carbons (Fsp3) is 0.308. The SMILES string of the molecule is O=C(NCC(c1ccco1)N1CCCC1)c1ccc2c(c1)CC(c1ccccc1)OC2=O. The van der Waals surface area contributed by atoms with Crippen molar-refractivity contribution in [2.24, 2.45) is 0 Å². The van der Waals surface area contributed by atoms with Crippen LogP contribution in [-0.2, 0) is 11.2 Å². The van der Waals surface area contributed by atoms with Gasteiger partial charge in [-0.15, -0.1) is 0 Å². The minimum atomic E-state index is -0.348. The van der Waals surface area contributed by atoms with Crippen LogP contribution in [0, 0.1) is 0 Å². The smallest absolute Gasteiger partial charge is 0.339 e. The molecule has 2 aliphatic rings. The van der Waals surface area contributed by atoms with E-state index in [1.54, 1.807) is 18.4 Å². The number of likely N-dealkylation sites (tertiary alicyclic amines) is 1. The number of nitrogens with one attached hydrogen (secondary N) is 1. The van der Waals surface area contributed by atoms with Crippen LogP contribution in [0.4, 0.5) is 0 Å².